The van der Waals surface area contributed by atoms with Gasteiger partial charge in [-0.1, -0.05) is 115 Å². The fourth-order valence-electron chi connectivity index (χ4n) is 6.10. The minimum Gasteiger partial charge on any atom is -0.232 e. The minimum atomic E-state index is -1.01. The molecule has 1 aliphatic rings. The molecule has 198 valence electrons. The van der Waals surface area contributed by atoms with Gasteiger partial charge in [-0.15, -0.1) is 0 Å². The third-order valence-corrected chi connectivity index (χ3v) is 13.5. The van der Waals surface area contributed by atoms with Crippen LogP contribution in [0.5, 0.6) is 0 Å². The van der Waals surface area contributed by atoms with Crippen molar-refractivity contribution in [1.29, 1.82) is 0 Å². The second-order valence-electron chi connectivity index (χ2n) is 10.3. The first-order valence-corrected chi connectivity index (χ1v) is 16.9. The van der Waals surface area contributed by atoms with Gasteiger partial charge in [0.1, 0.15) is 6.04 Å². The lowest BCUT2D eigenvalue weighted by atomic mass is 10.2. The highest BCUT2D eigenvalue weighted by atomic mass is 31.1. The van der Waals surface area contributed by atoms with Gasteiger partial charge in [0.25, 0.3) is 0 Å². The van der Waals surface area contributed by atoms with Gasteiger partial charge in [-0.05, 0) is 54.9 Å². The lowest BCUT2D eigenvalue weighted by Gasteiger charge is -2.44. The second kappa shape index (κ2) is 12.4. The van der Waals surface area contributed by atoms with Crippen molar-refractivity contribution in [3.63, 3.8) is 0 Å². The normalized spacial score (nSPS) is 18.7. The van der Waals surface area contributed by atoms with Gasteiger partial charge in [0.15, 0.2) is 8.07 Å². The van der Waals surface area contributed by atoms with Crippen LogP contribution in [-0.4, -0.2) is 28.9 Å². The van der Waals surface area contributed by atoms with Crippen LogP contribution in [0.4, 0.5) is 0 Å². The molecule has 0 radical (unpaired) electrons. The Morgan fingerprint density at radius 3 is 1.43 bits per heavy atom. The van der Waals surface area contributed by atoms with E-state index in [0.29, 0.717) is 4.25 Å². The fraction of sp³-hybridized carbons (Fsp3) is 0.139. The molecule has 1 aliphatic heterocycles. The molecule has 1 saturated heterocycles. The van der Waals surface area contributed by atoms with Crippen LogP contribution in [0.3, 0.4) is 0 Å². The molecule has 0 N–H and O–H groups in total. The number of carbonyl (C=O) groups is 1. The van der Waals surface area contributed by atoms with Crippen molar-refractivity contribution >= 4 is 43.1 Å². The minimum absolute atomic E-state index is 0.214. The van der Waals surface area contributed by atoms with Crippen LogP contribution in [0.25, 0.3) is 0 Å². The smallest absolute Gasteiger partial charge is 0.232 e. The molecule has 1 amide bonds. The van der Waals surface area contributed by atoms with Crippen molar-refractivity contribution in [3.8, 4) is 0 Å². The zero-order chi connectivity index (χ0) is 27.2. The van der Waals surface area contributed by atoms with E-state index in [0.717, 1.165) is 31.1 Å². The van der Waals surface area contributed by atoms with Crippen molar-refractivity contribution in [2.45, 2.75) is 18.9 Å². The fourth-order valence-corrected chi connectivity index (χ4v) is 12.1. The van der Waals surface area contributed by atoms with E-state index >= 15 is 4.79 Å². The van der Waals surface area contributed by atoms with Gasteiger partial charge in [0, 0.05) is 29.6 Å². The first-order valence-electron chi connectivity index (χ1n) is 14.0. The Labute approximate surface area is 240 Å². The molecule has 0 aromatic heterocycles. The second-order valence-corrected chi connectivity index (χ2v) is 14.9. The van der Waals surface area contributed by atoms with Crippen molar-refractivity contribution in [2.75, 3.05) is 12.7 Å². The Kier molecular flexibility index (Phi) is 8.31. The largest absolute Gasteiger partial charge is 0.347 e. The Morgan fingerprint density at radius 1 is 0.575 bits per heavy atom. The molecular formula is C36H34NOP2+. The number of quaternary nitrogens is 1. The summed E-state index contributed by atoms with van der Waals surface area (Å²) in [5, 5.41) is 5.29. The molecule has 5 aromatic carbocycles. The van der Waals surface area contributed by atoms with Gasteiger partial charge in [0.2, 0.25) is 0 Å². The Morgan fingerprint density at radius 2 is 0.975 bits per heavy atom. The summed E-state index contributed by atoms with van der Waals surface area (Å²) in [6, 6.07) is 53.8. The molecule has 0 aliphatic carbocycles. The van der Waals surface area contributed by atoms with E-state index in [1.54, 1.807) is 0 Å². The molecule has 0 saturated carbocycles. The van der Waals surface area contributed by atoms with Crippen LogP contribution in [0.15, 0.2) is 152 Å². The topological polar surface area (TPSA) is 17.1 Å². The quantitative estimate of drug-likeness (QED) is 0.188. The summed E-state index contributed by atoms with van der Waals surface area (Å²) in [5.74, 6) is 0.262. The van der Waals surface area contributed by atoms with E-state index in [9.17, 15) is 0 Å². The number of hydrogen-bond acceptors (Lipinski definition) is 1. The van der Waals surface area contributed by atoms with Crippen molar-refractivity contribution in [3.05, 3.63) is 157 Å². The van der Waals surface area contributed by atoms with Crippen LogP contribution in [0.2, 0.25) is 0 Å². The molecule has 1 unspecified atom stereocenters. The molecule has 5 aromatic rings. The van der Waals surface area contributed by atoms with E-state index < -0.39 is 16.0 Å². The molecule has 1 fully saturated rings. The molecular weight excluding hydrogens is 524 g/mol. The van der Waals surface area contributed by atoms with Crippen LogP contribution in [0.1, 0.15) is 23.2 Å². The first-order chi connectivity index (χ1) is 19.8. The van der Waals surface area contributed by atoms with Crippen LogP contribution < -0.4 is 21.2 Å². The van der Waals surface area contributed by atoms with Crippen molar-refractivity contribution < 1.29 is 9.05 Å². The highest BCUT2D eigenvalue weighted by Crippen LogP contribution is 2.55. The number of carbonyl (C=O) groups excluding carboxylic acids is 1. The highest BCUT2D eigenvalue weighted by molar-refractivity contribution is 7.73. The average molecular weight is 559 g/mol. The number of rotatable bonds is 8. The maximum absolute atomic E-state index is 15.0. The summed E-state index contributed by atoms with van der Waals surface area (Å²) in [6.07, 6.45) is 3.09. The van der Waals surface area contributed by atoms with E-state index in [4.69, 9.17) is 0 Å². The summed E-state index contributed by atoms with van der Waals surface area (Å²) in [6.45, 7) is 0.862. The number of hydrogen-bond donors (Lipinski definition) is 0. The van der Waals surface area contributed by atoms with E-state index in [1.807, 2.05) is 30.3 Å². The first kappa shape index (κ1) is 26.8. The SMILES string of the molecule is O=C(c1ccccc1)[N+]1(P(c2ccccc2)c2ccccc2)CCC[C@@H]1CP(c1ccccc1)c1ccccc1. The van der Waals surface area contributed by atoms with Crippen LogP contribution in [0, 0.1) is 0 Å². The summed E-state index contributed by atoms with van der Waals surface area (Å²) in [5.41, 5.74) is 0.817. The zero-order valence-corrected chi connectivity index (χ0v) is 24.4. The van der Waals surface area contributed by atoms with Crippen LogP contribution >= 0.6 is 16.0 Å². The molecule has 0 spiro atoms. The van der Waals surface area contributed by atoms with Crippen molar-refractivity contribution in [2.24, 2.45) is 0 Å². The lowest BCUT2D eigenvalue weighted by molar-refractivity contribution is -0.729. The van der Waals surface area contributed by atoms with E-state index in [2.05, 4.69) is 121 Å². The van der Waals surface area contributed by atoms with Gasteiger partial charge in [-0.2, -0.15) is 0 Å². The number of benzene rings is 5. The third-order valence-electron chi connectivity index (χ3n) is 7.90. The predicted molar refractivity (Wildman–Crippen MR) is 172 cm³/mol. The van der Waals surface area contributed by atoms with E-state index in [-0.39, 0.29) is 11.9 Å². The number of likely N-dealkylation sites (tertiary alicyclic amines) is 1. The van der Waals surface area contributed by atoms with Crippen LogP contribution in [-0.2, 0) is 0 Å². The number of amides is 1. The molecule has 0 bridgehead atoms. The molecule has 6 rings (SSSR count). The number of nitrogens with zero attached hydrogens (tertiary/aromatic N) is 1. The van der Waals surface area contributed by atoms with Gasteiger partial charge < -0.3 is 0 Å². The van der Waals surface area contributed by atoms with Gasteiger partial charge in [-0.3, -0.25) is 0 Å². The monoisotopic (exact) mass is 558 g/mol. The molecule has 4 heteroatoms. The van der Waals surface area contributed by atoms with Gasteiger partial charge in [0.05, 0.1) is 12.1 Å². The Hall–Kier alpha value is -3.41. The maximum Gasteiger partial charge on any atom is 0.347 e. The standard InChI is InChI=1S/C36H34NOP2/c38-36(30-17-6-1-7-18-30)37(40(34-24-12-4-13-25-34)35-26-14-5-15-27-35)28-16-19-31(37)29-39(32-20-8-2-9-21-32)33-22-10-3-11-23-33/h1-15,17-18,20-27,31H,16,19,28-29H2/q+1/t31-,37?/m1/s1. The maximum atomic E-state index is 15.0. The summed E-state index contributed by atoms with van der Waals surface area (Å²) < 4.78 is 0.492. The molecule has 1 heterocycles. The highest BCUT2D eigenvalue weighted by Gasteiger charge is 2.56. The zero-order valence-electron chi connectivity index (χ0n) is 22.6. The summed E-state index contributed by atoms with van der Waals surface area (Å²) in [4.78, 5) is 15.0. The molecule has 2 atom stereocenters. The average Bonchev–Trinajstić information content (AvgIpc) is 3.45. The molecule has 2 nitrogen and oxygen atoms in total. The summed E-state index contributed by atoms with van der Waals surface area (Å²) in [7, 11) is -1.64. The third kappa shape index (κ3) is 5.33. The van der Waals surface area contributed by atoms with Gasteiger partial charge >= 0.3 is 5.91 Å². The Balaban J connectivity index is 1.53. The predicted octanol–water partition coefficient (Wildman–Crippen LogP) is 6.99. The summed E-state index contributed by atoms with van der Waals surface area (Å²) >= 11 is 0. The van der Waals surface area contributed by atoms with E-state index in [1.165, 1.54) is 21.2 Å². The Bertz CT molecular complexity index is 1440. The van der Waals surface area contributed by atoms with Crippen molar-refractivity contribution in [1.82, 2.24) is 0 Å². The van der Waals surface area contributed by atoms with Gasteiger partial charge in [-0.25, -0.2) is 9.05 Å². The lowest BCUT2D eigenvalue weighted by Crippen LogP contribution is -2.56. The molecule has 40 heavy (non-hydrogen) atoms.